The Labute approximate surface area is 125 Å². The van der Waals surface area contributed by atoms with E-state index in [9.17, 15) is 5.11 Å². The molecule has 2 saturated carbocycles. The summed E-state index contributed by atoms with van der Waals surface area (Å²) in [6.07, 6.45) is 9.72. The molecule has 0 aromatic carbocycles. The number of hydrogen-bond acceptors (Lipinski definition) is 4. The highest BCUT2D eigenvalue weighted by atomic mass is 32.1. The molecule has 2 N–H and O–H groups in total. The van der Waals surface area contributed by atoms with Crippen molar-refractivity contribution in [2.45, 2.75) is 69.9 Å². The van der Waals surface area contributed by atoms with Gasteiger partial charge in [0.15, 0.2) is 0 Å². The fourth-order valence-electron chi connectivity index (χ4n) is 3.15. The van der Waals surface area contributed by atoms with Gasteiger partial charge in [-0.05, 0) is 51.0 Å². The third-order valence-corrected chi connectivity index (χ3v) is 5.66. The maximum atomic E-state index is 9.94. The van der Waals surface area contributed by atoms with E-state index in [1.807, 2.05) is 11.3 Å². The number of nitrogens with one attached hydrogen (secondary N) is 1. The lowest BCUT2D eigenvalue weighted by atomic mass is 9.83. The molecule has 2 aliphatic carbocycles. The zero-order valence-corrected chi connectivity index (χ0v) is 13.0. The zero-order valence-electron chi connectivity index (χ0n) is 12.2. The Morgan fingerprint density at radius 2 is 2.10 bits per heavy atom. The first-order valence-electron chi connectivity index (χ1n) is 8.16. The van der Waals surface area contributed by atoms with Crippen LogP contribution in [0.4, 0.5) is 0 Å². The standard InChI is InChI=1S/C16H26N2OS/c19-15-6-2-1-4-12(15)5-3-9-17-10-14-11-20-16(18-14)13-7-8-13/h11-13,15,17,19H,1-10H2. The fraction of sp³-hybridized carbons (Fsp3) is 0.812. The average molecular weight is 294 g/mol. The maximum absolute atomic E-state index is 9.94. The second-order valence-corrected chi connectivity index (χ2v) is 7.27. The van der Waals surface area contributed by atoms with Crippen LogP contribution in [0.15, 0.2) is 5.38 Å². The minimum Gasteiger partial charge on any atom is -0.393 e. The van der Waals surface area contributed by atoms with Gasteiger partial charge in [0.05, 0.1) is 16.8 Å². The van der Waals surface area contributed by atoms with Crippen molar-refractivity contribution >= 4 is 11.3 Å². The Morgan fingerprint density at radius 1 is 1.25 bits per heavy atom. The molecule has 20 heavy (non-hydrogen) atoms. The van der Waals surface area contributed by atoms with Crippen LogP contribution in [-0.4, -0.2) is 22.7 Å². The van der Waals surface area contributed by atoms with E-state index in [4.69, 9.17) is 0 Å². The molecule has 1 heterocycles. The Bertz CT molecular complexity index is 416. The van der Waals surface area contributed by atoms with E-state index < -0.39 is 0 Å². The van der Waals surface area contributed by atoms with Gasteiger partial charge in [0.2, 0.25) is 0 Å². The molecule has 4 heteroatoms. The molecule has 2 unspecified atom stereocenters. The third-order valence-electron chi connectivity index (χ3n) is 4.60. The lowest BCUT2D eigenvalue weighted by Gasteiger charge is -2.27. The van der Waals surface area contributed by atoms with E-state index >= 15 is 0 Å². The van der Waals surface area contributed by atoms with E-state index in [1.165, 1.54) is 55.6 Å². The van der Waals surface area contributed by atoms with Crippen LogP contribution in [0, 0.1) is 5.92 Å². The van der Waals surface area contributed by atoms with Gasteiger partial charge in [-0.1, -0.05) is 12.8 Å². The quantitative estimate of drug-likeness (QED) is 0.757. The molecule has 2 fully saturated rings. The van der Waals surface area contributed by atoms with Crippen LogP contribution in [0.5, 0.6) is 0 Å². The van der Waals surface area contributed by atoms with Gasteiger partial charge in [0.1, 0.15) is 0 Å². The monoisotopic (exact) mass is 294 g/mol. The molecule has 0 radical (unpaired) electrons. The van der Waals surface area contributed by atoms with Gasteiger partial charge < -0.3 is 10.4 Å². The molecule has 0 aliphatic heterocycles. The molecule has 0 saturated heterocycles. The van der Waals surface area contributed by atoms with Crippen molar-refractivity contribution in [2.75, 3.05) is 6.54 Å². The Hall–Kier alpha value is -0.450. The number of rotatable bonds is 7. The summed E-state index contributed by atoms with van der Waals surface area (Å²) in [7, 11) is 0. The van der Waals surface area contributed by atoms with Crippen LogP contribution in [0.3, 0.4) is 0 Å². The zero-order chi connectivity index (χ0) is 13.8. The Morgan fingerprint density at radius 3 is 2.90 bits per heavy atom. The third kappa shape index (κ3) is 4.03. The summed E-state index contributed by atoms with van der Waals surface area (Å²) in [5.74, 6) is 1.33. The molecule has 2 atom stereocenters. The van der Waals surface area contributed by atoms with Crippen LogP contribution >= 0.6 is 11.3 Å². The van der Waals surface area contributed by atoms with Crippen LogP contribution in [0.2, 0.25) is 0 Å². The molecule has 0 bridgehead atoms. The first-order chi connectivity index (χ1) is 9.83. The molecule has 112 valence electrons. The minimum absolute atomic E-state index is 0.0385. The van der Waals surface area contributed by atoms with Gasteiger partial charge in [0.25, 0.3) is 0 Å². The maximum Gasteiger partial charge on any atom is 0.0959 e. The number of hydrogen-bond donors (Lipinski definition) is 2. The smallest absolute Gasteiger partial charge is 0.0959 e. The highest BCUT2D eigenvalue weighted by molar-refractivity contribution is 7.09. The average Bonchev–Trinajstić information content (AvgIpc) is 3.20. The van der Waals surface area contributed by atoms with Gasteiger partial charge in [0, 0.05) is 17.8 Å². The first kappa shape index (κ1) is 14.5. The van der Waals surface area contributed by atoms with Crippen LogP contribution < -0.4 is 5.32 Å². The lowest BCUT2D eigenvalue weighted by Crippen LogP contribution is -2.25. The largest absolute Gasteiger partial charge is 0.393 e. The van der Waals surface area contributed by atoms with Crippen molar-refractivity contribution < 1.29 is 5.11 Å². The number of thiazole rings is 1. The van der Waals surface area contributed by atoms with Crippen molar-refractivity contribution in [3.05, 3.63) is 16.1 Å². The summed E-state index contributed by atoms with van der Waals surface area (Å²) >= 11 is 1.82. The molecular weight excluding hydrogens is 268 g/mol. The van der Waals surface area contributed by atoms with E-state index in [0.717, 1.165) is 25.4 Å². The summed E-state index contributed by atoms with van der Waals surface area (Å²) < 4.78 is 0. The number of aromatic nitrogens is 1. The SMILES string of the molecule is OC1CCCCC1CCCNCc1csc(C2CC2)n1. The summed E-state index contributed by atoms with van der Waals surface area (Å²) in [5.41, 5.74) is 1.20. The van der Waals surface area contributed by atoms with Crippen molar-refractivity contribution in [3.8, 4) is 0 Å². The van der Waals surface area contributed by atoms with Gasteiger partial charge >= 0.3 is 0 Å². The predicted octanol–water partition coefficient (Wildman–Crippen LogP) is 3.44. The predicted molar refractivity (Wildman–Crippen MR) is 83.0 cm³/mol. The molecule has 1 aromatic heterocycles. The molecule has 3 nitrogen and oxygen atoms in total. The second-order valence-electron chi connectivity index (χ2n) is 6.38. The molecule has 0 spiro atoms. The number of nitrogens with zero attached hydrogens (tertiary/aromatic N) is 1. The summed E-state index contributed by atoms with van der Waals surface area (Å²) in [5, 5.41) is 17.0. The van der Waals surface area contributed by atoms with Gasteiger partial charge in [-0.3, -0.25) is 0 Å². The molecule has 1 aromatic rings. The fourth-order valence-corrected chi connectivity index (χ4v) is 4.14. The number of aliphatic hydroxyl groups excluding tert-OH is 1. The first-order valence-corrected chi connectivity index (χ1v) is 9.04. The van der Waals surface area contributed by atoms with E-state index in [0.29, 0.717) is 5.92 Å². The van der Waals surface area contributed by atoms with Crippen molar-refractivity contribution in [3.63, 3.8) is 0 Å². The van der Waals surface area contributed by atoms with Crippen LogP contribution in [-0.2, 0) is 6.54 Å². The molecule has 3 rings (SSSR count). The molecule has 2 aliphatic rings. The van der Waals surface area contributed by atoms with E-state index in [2.05, 4.69) is 15.7 Å². The van der Waals surface area contributed by atoms with Gasteiger partial charge in [-0.15, -0.1) is 11.3 Å². The van der Waals surface area contributed by atoms with Crippen LogP contribution in [0.25, 0.3) is 0 Å². The highest BCUT2D eigenvalue weighted by Gasteiger charge is 2.26. The van der Waals surface area contributed by atoms with E-state index in [-0.39, 0.29) is 6.10 Å². The summed E-state index contributed by atoms with van der Waals surface area (Å²) in [6.45, 7) is 1.94. The summed E-state index contributed by atoms with van der Waals surface area (Å²) in [6, 6.07) is 0. The van der Waals surface area contributed by atoms with Gasteiger partial charge in [-0.2, -0.15) is 0 Å². The molecule has 0 amide bonds. The lowest BCUT2D eigenvalue weighted by molar-refractivity contribution is 0.0643. The Balaban J connectivity index is 1.29. The highest BCUT2D eigenvalue weighted by Crippen LogP contribution is 2.41. The summed E-state index contributed by atoms with van der Waals surface area (Å²) in [4.78, 5) is 4.69. The van der Waals surface area contributed by atoms with E-state index in [1.54, 1.807) is 0 Å². The van der Waals surface area contributed by atoms with Crippen LogP contribution in [0.1, 0.15) is 68.0 Å². The normalized spacial score (nSPS) is 26.9. The van der Waals surface area contributed by atoms with Crippen molar-refractivity contribution in [1.82, 2.24) is 10.3 Å². The van der Waals surface area contributed by atoms with Crippen molar-refractivity contribution in [1.29, 1.82) is 0 Å². The Kier molecular flexibility index (Phi) is 5.08. The van der Waals surface area contributed by atoms with Crippen molar-refractivity contribution in [2.24, 2.45) is 5.92 Å². The molecular formula is C16H26N2OS. The second kappa shape index (κ2) is 7.01. The minimum atomic E-state index is -0.0385. The topological polar surface area (TPSA) is 45.1 Å². The van der Waals surface area contributed by atoms with Gasteiger partial charge in [-0.25, -0.2) is 4.98 Å². The number of aliphatic hydroxyl groups is 1.